The van der Waals surface area contributed by atoms with E-state index in [2.05, 4.69) is 11.9 Å². The van der Waals surface area contributed by atoms with Crippen LogP contribution in [0.2, 0.25) is 0 Å². The van der Waals surface area contributed by atoms with Crippen LogP contribution < -0.4 is 34.3 Å². The van der Waals surface area contributed by atoms with Gasteiger partial charge in [0.15, 0.2) is 0 Å². The molecule has 5 nitrogen and oxygen atoms in total. The van der Waals surface area contributed by atoms with Crippen molar-refractivity contribution in [3.8, 4) is 11.9 Å². The maximum absolute atomic E-state index is 9.45. The molecule has 0 saturated heterocycles. The van der Waals surface area contributed by atoms with Gasteiger partial charge >= 0.3 is 29.6 Å². The SMILES string of the molecule is CCCCCCCCCCCCCCCCCCOC[C@H](CO)Oc1ccc(C#N)cn1.[H-].[Na+]. The molecule has 1 heterocycles. The molecule has 184 valence electrons. The second-order valence-electron chi connectivity index (χ2n) is 8.80. The molecule has 1 rings (SSSR count). The molecule has 1 N–H and O–H groups in total. The predicted octanol–water partition coefficient (Wildman–Crippen LogP) is 4.09. The van der Waals surface area contributed by atoms with Crippen LogP contribution in [0.5, 0.6) is 5.88 Å². The largest absolute Gasteiger partial charge is 1.00 e. The van der Waals surface area contributed by atoms with E-state index < -0.39 is 6.10 Å². The van der Waals surface area contributed by atoms with Gasteiger partial charge in [0, 0.05) is 18.9 Å². The van der Waals surface area contributed by atoms with E-state index in [-0.39, 0.29) is 37.6 Å². The maximum atomic E-state index is 9.45. The maximum Gasteiger partial charge on any atom is 1.00 e. The predicted molar refractivity (Wildman–Crippen MR) is 132 cm³/mol. The van der Waals surface area contributed by atoms with Gasteiger partial charge in [-0.3, -0.25) is 0 Å². The van der Waals surface area contributed by atoms with Gasteiger partial charge < -0.3 is 16.0 Å². The fourth-order valence-corrected chi connectivity index (χ4v) is 3.78. The molecule has 0 unspecified atom stereocenters. The molecular formula is C27H47N2NaO3. The number of pyridine rings is 1. The van der Waals surface area contributed by atoms with Crippen LogP contribution in [0.15, 0.2) is 18.3 Å². The fourth-order valence-electron chi connectivity index (χ4n) is 3.78. The summed E-state index contributed by atoms with van der Waals surface area (Å²) in [4.78, 5) is 4.06. The Morgan fingerprint density at radius 3 is 1.82 bits per heavy atom. The first-order chi connectivity index (χ1) is 15.8. The minimum Gasteiger partial charge on any atom is -1.00 e. The van der Waals surface area contributed by atoms with Gasteiger partial charge in [0.25, 0.3) is 0 Å². The molecule has 0 aromatic carbocycles. The van der Waals surface area contributed by atoms with Crippen LogP contribution in [-0.2, 0) is 4.74 Å². The summed E-state index contributed by atoms with van der Waals surface area (Å²) in [7, 11) is 0. The molecule has 0 aliphatic carbocycles. The van der Waals surface area contributed by atoms with Gasteiger partial charge in [0.05, 0.1) is 18.8 Å². The van der Waals surface area contributed by atoms with Gasteiger partial charge in [-0.25, -0.2) is 4.98 Å². The molecule has 0 bridgehead atoms. The summed E-state index contributed by atoms with van der Waals surface area (Å²) in [5.74, 6) is 0.397. The number of ether oxygens (including phenoxy) is 2. The second-order valence-corrected chi connectivity index (χ2v) is 8.80. The zero-order valence-electron chi connectivity index (χ0n) is 22.4. The number of unbranched alkanes of at least 4 members (excludes halogenated alkanes) is 15. The monoisotopic (exact) mass is 470 g/mol. The summed E-state index contributed by atoms with van der Waals surface area (Å²) in [6.45, 7) is 3.19. The molecule has 0 spiro atoms. The van der Waals surface area contributed by atoms with Crippen LogP contribution in [0.1, 0.15) is 117 Å². The average Bonchev–Trinajstić information content (AvgIpc) is 2.83. The summed E-state index contributed by atoms with van der Waals surface area (Å²) in [6.07, 6.45) is 22.7. The Labute approximate surface area is 226 Å². The minimum atomic E-state index is -0.434. The molecule has 0 aliphatic rings. The first kappa shape index (κ1) is 32.4. The number of hydrogen-bond acceptors (Lipinski definition) is 5. The van der Waals surface area contributed by atoms with Crippen molar-refractivity contribution < 1.29 is 45.6 Å². The Morgan fingerprint density at radius 2 is 1.39 bits per heavy atom. The third kappa shape index (κ3) is 19.4. The molecule has 6 heteroatoms. The van der Waals surface area contributed by atoms with Gasteiger partial charge in [-0.2, -0.15) is 5.26 Å². The van der Waals surface area contributed by atoms with Crippen molar-refractivity contribution in [1.29, 1.82) is 5.26 Å². The summed E-state index contributed by atoms with van der Waals surface area (Å²) in [5.41, 5.74) is 0.484. The van der Waals surface area contributed by atoms with Gasteiger partial charge in [-0.15, -0.1) is 0 Å². The topological polar surface area (TPSA) is 75.4 Å². The van der Waals surface area contributed by atoms with Crippen LogP contribution in [0.4, 0.5) is 0 Å². The standard InChI is InChI=1S/C27H46N2O3.Na.H/c1-2-3-4-5-6-7-8-9-10-11-12-13-14-15-16-17-20-31-24-26(23-30)32-27-19-18-25(21-28)22-29-27;;/h18-19,22,26,30H,2-17,20,23-24H2,1H3;;/q;+1;-1/t26-;;/m0../s1. The smallest absolute Gasteiger partial charge is 1.00 e. The van der Waals surface area contributed by atoms with Gasteiger partial charge in [0.2, 0.25) is 5.88 Å². The van der Waals surface area contributed by atoms with Gasteiger partial charge in [0.1, 0.15) is 12.2 Å². The van der Waals surface area contributed by atoms with E-state index >= 15 is 0 Å². The molecule has 0 fully saturated rings. The van der Waals surface area contributed by atoms with E-state index in [1.54, 1.807) is 12.1 Å². The van der Waals surface area contributed by atoms with Crippen LogP contribution in [0.25, 0.3) is 0 Å². The van der Waals surface area contributed by atoms with Crippen molar-refractivity contribution in [3.05, 3.63) is 23.9 Å². The van der Waals surface area contributed by atoms with E-state index in [4.69, 9.17) is 14.7 Å². The van der Waals surface area contributed by atoms with Crippen molar-refractivity contribution >= 4 is 0 Å². The Bertz CT molecular complexity index is 584. The Balaban J connectivity index is 0. The van der Waals surface area contributed by atoms with Crippen LogP contribution in [-0.4, -0.2) is 36.0 Å². The van der Waals surface area contributed by atoms with Crippen molar-refractivity contribution in [2.24, 2.45) is 0 Å². The van der Waals surface area contributed by atoms with Crippen molar-refractivity contribution in [2.75, 3.05) is 19.8 Å². The molecule has 1 aromatic rings. The number of nitrogens with zero attached hydrogens (tertiary/aromatic N) is 2. The number of nitriles is 1. The number of rotatable bonds is 22. The Kier molecular flexibility index (Phi) is 24.0. The summed E-state index contributed by atoms with van der Waals surface area (Å²) < 4.78 is 11.3. The minimum absolute atomic E-state index is 0. The first-order valence-electron chi connectivity index (χ1n) is 13.0. The Hall–Kier alpha value is -0.640. The molecule has 0 aliphatic heterocycles. The van der Waals surface area contributed by atoms with E-state index in [1.165, 1.54) is 103 Å². The van der Waals surface area contributed by atoms with E-state index in [0.29, 0.717) is 24.7 Å². The number of aliphatic hydroxyl groups is 1. The summed E-state index contributed by atoms with van der Waals surface area (Å²) in [6, 6.07) is 5.30. The van der Waals surface area contributed by atoms with E-state index in [1.807, 2.05) is 6.07 Å². The number of hydrogen-bond donors (Lipinski definition) is 1. The van der Waals surface area contributed by atoms with Crippen LogP contribution in [0, 0.1) is 11.3 Å². The molecular weight excluding hydrogens is 423 g/mol. The molecule has 0 radical (unpaired) electrons. The average molecular weight is 471 g/mol. The second kappa shape index (κ2) is 24.5. The van der Waals surface area contributed by atoms with E-state index in [9.17, 15) is 5.11 Å². The van der Waals surface area contributed by atoms with Crippen molar-refractivity contribution in [1.82, 2.24) is 4.98 Å². The van der Waals surface area contributed by atoms with Crippen LogP contribution in [0.3, 0.4) is 0 Å². The molecule has 1 atom stereocenters. The number of aliphatic hydroxyl groups excluding tert-OH is 1. The molecule has 33 heavy (non-hydrogen) atoms. The fraction of sp³-hybridized carbons (Fsp3) is 0.778. The first-order valence-corrected chi connectivity index (χ1v) is 13.0. The summed E-state index contributed by atoms with van der Waals surface area (Å²) in [5, 5.41) is 18.2. The van der Waals surface area contributed by atoms with Gasteiger partial charge in [-0.05, 0) is 12.5 Å². The molecule has 0 saturated carbocycles. The van der Waals surface area contributed by atoms with Crippen molar-refractivity contribution in [3.63, 3.8) is 0 Å². The zero-order valence-corrected chi connectivity index (χ0v) is 23.4. The third-order valence-corrected chi connectivity index (χ3v) is 5.80. The molecule has 0 amide bonds. The zero-order chi connectivity index (χ0) is 23.1. The summed E-state index contributed by atoms with van der Waals surface area (Å²) >= 11 is 0. The van der Waals surface area contributed by atoms with Gasteiger partial charge in [-0.1, -0.05) is 103 Å². The van der Waals surface area contributed by atoms with Crippen molar-refractivity contribution in [2.45, 2.75) is 116 Å². The van der Waals surface area contributed by atoms with Crippen LogP contribution >= 0.6 is 0 Å². The quantitative estimate of drug-likeness (QED) is 0.204. The third-order valence-electron chi connectivity index (χ3n) is 5.80. The van der Waals surface area contributed by atoms with E-state index in [0.717, 1.165) is 6.42 Å². The number of aromatic nitrogens is 1. The normalized spacial score (nSPS) is 11.5. The Morgan fingerprint density at radius 1 is 0.879 bits per heavy atom. The molecule has 1 aromatic heterocycles.